The maximum Gasteiger partial charge on any atom is 0.287 e. The van der Waals surface area contributed by atoms with Crippen molar-refractivity contribution in [2.45, 2.75) is 65.5 Å². The first-order valence-electron chi connectivity index (χ1n) is 10.8. The smallest absolute Gasteiger partial charge is 0.287 e. The minimum atomic E-state index is -0.219. The highest BCUT2D eigenvalue weighted by Gasteiger charge is 2.35. The van der Waals surface area contributed by atoms with Gasteiger partial charge in [0.25, 0.3) is 5.91 Å². The molecule has 1 aromatic carbocycles. The highest BCUT2D eigenvalue weighted by Crippen LogP contribution is 2.35. The highest BCUT2D eigenvalue weighted by atomic mass is 16.4. The van der Waals surface area contributed by atoms with Crippen LogP contribution in [0.4, 0.5) is 0 Å². The predicted molar refractivity (Wildman–Crippen MR) is 114 cm³/mol. The molecule has 2 aliphatic carbocycles. The molecule has 6 heteroatoms. The van der Waals surface area contributed by atoms with Gasteiger partial charge in [0.05, 0.1) is 29.0 Å². The maximum atomic E-state index is 13.1. The zero-order chi connectivity index (χ0) is 21.0. The fourth-order valence-corrected chi connectivity index (χ4v) is 4.58. The minimum Gasteiger partial charge on any atom is -0.455 e. The van der Waals surface area contributed by atoms with Crippen molar-refractivity contribution in [3.63, 3.8) is 0 Å². The Balaban J connectivity index is 1.40. The summed E-state index contributed by atoms with van der Waals surface area (Å²) in [5.41, 5.74) is 5.84. The van der Waals surface area contributed by atoms with Gasteiger partial charge >= 0.3 is 0 Å². The van der Waals surface area contributed by atoms with Crippen LogP contribution in [-0.2, 0) is 13.0 Å². The van der Waals surface area contributed by atoms with Gasteiger partial charge in [0, 0.05) is 24.9 Å². The van der Waals surface area contributed by atoms with Gasteiger partial charge in [-0.25, -0.2) is 4.98 Å². The number of nitrogens with one attached hydrogen (secondary N) is 1. The Bertz CT molecular complexity index is 1170. The molecule has 2 heterocycles. The third-order valence-corrected chi connectivity index (χ3v) is 6.65. The van der Waals surface area contributed by atoms with Crippen molar-refractivity contribution in [2.75, 3.05) is 0 Å². The molecule has 5 rings (SSSR count). The number of aromatic nitrogens is 2. The van der Waals surface area contributed by atoms with E-state index >= 15 is 0 Å². The summed E-state index contributed by atoms with van der Waals surface area (Å²) in [7, 11) is 0. The van der Waals surface area contributed by atoms with E-state index in [0.717, 1.165) is 36.7 Å². The maximum absolute atomic E-state index is 13.1. The van der Waals surface area contributed by atoms with Gasteiger partial charge in [-0.3, -0.25) is 9.59 Å². The molecular formula is C24H27N3O3. The van der Waals surface area contributed by atoms with Crippen LogP contribution in [0.3, 0.4) is 0 Å². The van der Waals surface area contributed by atoms with E-state index in [2.05, 4.69) is 40.8 Å². The number of carbonyl (C=O) groups excluding carboxylic acids is 2. The van der Waals surface area contributed by atoms with Gasteiger partial charge in [0.2, 0.25) is 0 Å². The summed E-state index contributed by atoms with van der Waals surface area (Å²) < 4.78 is 7.99. The molecule has 1 N–H and O–H groups in total. The quantitative estimate of drug-likeness (QED) is 0.687. The van der Waals surface area contributed by atoms with Crippen molar-refractivity contribution in [3.05, 3.63) is 52.2 Å². The number of furan rings is 1. The normalized spacial score (nSPS) is 17.2. The molecule has 0 bridgehead atoms. The van der Waals surface area contributed by atoms with E-state index in [-0.39, 0.29) is 17.7 Å². The van der Waals surface area contributed by atoms with Crippen LogP contribution in [0.25, 0.3) is 11.0 Å². The molecule has 2 aliphatic rings. The van der Waals surface area contributed by atoms with Gasteiger partial charge in [-0.1, -0.05) is 0 Å². The number of rotatable bonds is 5. The zero-order valence-electron chi connectivity index (χ0n) is 17.7. The average Bonchev–Trinajstić information content (AvgIpc) is 3.41. The molecule has 30 heavy (non-hydrogen) atoms. The second kappa shape index (κ2) is 7.11. The number of carbonyl (C=O) groups is 2. The van der Waals surface area contributed by atoms with Crippen LogP contribution >= 0.6 is 0 Å². The van der Waals surface area contributed by atoms with Crippen molar-refractivity contribution in [2.24, 2.45) is 5.92 Å². The number of aryl methyl sites for hydroxylation is 3. The number of nitrogens with zero attached hydrogens (tertiary/aromatic N) is 2. The summed E-state index contributed by atoms with van der Waals surface area (Å²) in [4.78, 5) is 29.9. The monoisotopic (exact) mass is 405 g/mol. The summed E-state index contributed by atoms with van der Waals surface area (Å²) in [6.07, 6.45) is 6.13. The lowest BCUT2D eigenvalue weighted by Crippen LogP contribution is -2.39. The number of hydrogen-bond acceptors (Lipinski definition) is 4. The van der Waals surface area contributed by atoms with E-state index in [1.807, 2.05) is 13.3 Å². The molecule has 1 amide bonds. The molecule has 0 saturated heterocycles. The molecule has 0 unspecified atom stereocenters. The fourth-order valence-electron chi connectivity index (χ4n) is 4.58. The molecule has 1 saturated carbocycles. The fraction of sp³-hybridized carbons (Fsp3) is 0.458. The van der Waals surface area contributed by atoms with Crippen LogP contribution < -0.4 is 5.32 Å². The largest absolute Gasteiger partial charge is 0.455 e. The van der Waals surface area contributed by atoms with Crippen molar-refractivity contribution in [1.82, 2.24) is 14.9 Å². The standard InChI is InChI=1S/C24H27N3O3/c1-13-9-17-19(10-14(13)2)27(12-25-17)11-18(16-7-8-16)26-24(29)23-15(3)22-20(28)5-4-6-21(22)30-23/h9-10,12,16,18H,4-8,11H2,1-3H3,(H,26,29)/t18-/m1/s1. The lowest BCUT2D eigenvalue weighted by Gasteiger charge is -2.19. The molecule has 3 aromatic rings. The van der Waals surface area contributed by atoms with Gasteiger partial charge in [-0.05, 0) is 69.2 Å². The lowest BCUT2D eigenvalue weighted by atomic mass is 9.94. The Hall–Kier alpha value is -2.89. The van der Waals surface area contributed by atoms with Gasteiger partial charge in [0.15, 0.2) is 11.5 Å². The van der Waals surface area contributed by atoms with Gasteiger partial charge in [-0.15, -0.1) is 0 Å². The average molecular weight is 405 g/mol. The second-order valence-electron chi connectivity index (χ2n) is 8.87. The molecule has 1 fully saturated rings. The van der Waals surface area contributed by atoms with Crippen LogP contribution in [0.15, 0.2) is 22.9 Å². The Morgan fingerprint density at radius 1 is 1.23 bits per heavy atom. The highest BCUT2D eigenvalue weighted by molar-refractivity contribution is 6.03. The summed E-state index contributed by atoms with van der Waals surface area (Å²) in [6.45, 7) is 6.70. The molecular weight excluding hydrogens is 378 g/mol. The molecule has 0 radical (unpaired) electrons. The SMILES string of the molecule is Cc1cc2ncn(C[C@@H](NC(=O)c3oc4c(c3C)C(=O)CCC4)C3CC3)c2cc1C. The Morgan fingerprint density at radius 2 is 2.00 bits per heavy atom. The molecule has 156 valence electrons. The predicted octanol–water partition coefficient (Wildman–Crippen LogP) is 4.28. The van der Waals surface area contributed by atoms with E-state index in [1.54, 1.807) is 0 Å². The number of fused-ring (bicyclic) bond motifs is 2. The summed E-state index contributed by atoms with van der Waals surface area (Å²) in [6, 6.07) is 4.29. The van der Waals surface area contributed by atoms with Gasteiger partial charge in [0.1, 0.15) is 5.76 Å². The lowest BCUT2D eigenvalue weighted by molar-refractivity contribution is 0.0894. The zero-order valence-corrected chi connectivity index (χ0v) is 17.7. The van der Waals surface area contributed by atoms with E-state index in [9.17, 15) is 9.59 Å². The molecule has 0 spiro atoms. The van der Waals surface area contributed by atoms with Crippen molar-refractivity contribution < 1.29 is 14.0 Å². The molecule has 0 aliphatic heterocycles. The van der Waals surface area contributed by atoms with Crippen LogP contribution in [0.2, 0.25) is 0 Å². The topological polar surface area (TPSA) is 77.1 Å². The first kappa shape index (κ1) is 19.1. The number of imidazole rings is 1. The summed E-state index contributed by atoms with van der Waals surface area (Å²) in [5, 5.41) is 3.20. The summed E-state index contributed by atoms with van der Waals surface area (Å²) >= 11 is 0. The summed E-state index contributed by atoms with van der Waals surface area (Å²) in [5.74, 6) is 1.30. The van der Waals surface area contributed by atoms with E-state index < -0.39 is 0 Å². The van der Waals surface area contributed by atoms with Crippen LogP contribution in [0.1, 0.15) is 69.0 Å². The van der Waals surface area contributed by atoms with Crippen LogP contribution in [0, 0.1) is 26.7 Å². The minimum absolute atomic E-state index is 0.00809. The Kier molecular flexibility index (Phi) is 4.53. The third-order valence-electron chi connectivity index (χ3n) is 6.65. The number of amides is 1. The van der Waals surface area contributed by atoms with Crippen molar-refractivity contribution in [1.29, 1.82) is 0 Å². The van der Waals surface area contributed by atoms with Crippen molar-refractivity contribution in [3.8, 4) is 0 Å². The number of Topliss-reactive ketones (excluding diaryl/α,β-unsaturated/α-hetero) is 1. The molecule has 1 atom stereocenters. The Labute approximate surface area is 175 Å². The van der Waals surface area contributed by atoms with E-state index in [1.165, 1.54) is 11.1 Å². The second-order valence-corrected chi connectivity index (χ2v) is 8.87. The van der Waals surface area contributed by atoms with E-state index in [4.69, 9.17) is 4.42 Å². The van der Waals surface area contributed by atoms with Crippen LogP contribution in [-0.4, -0.2) is 27.3 Å². The number of hydrogen-bond donors (Lipinski definition) is 1. The molecule has 6 nitrogen and oxygen atoms in total. The van der Waals surface area contributed by atoms with Gasteiger partial charge in [-0.2, -0.15) is 0 Å². The number of benzene rings is 1. The molecule has 2 aromatic heterocycles. The van der Waals surface area contributed by atoms with Gasteiger partial charge < -0.3 is 14.3 Å². The first-order chi connectivity index (χ1) is 14.4. The Morgan fingerprint density at radius 3 is 2.73 bits per heavy atom. The van der Waals surface area contributed by atoms with Crippen LogP contribution in [0.5, 0.6) is 0 Å². The van der Waals surface area contributed by atoms with E-state index in [0.29, 0.717) is 41.5 Å². The first-order valence-corrected chi connectivity index (χ1v) is 10.8. The third kappa shape index (κ3) is 3.24. The van der Waals surface area contributed by atoms with Crippen molar-refractivity contribution >= 4 is 22.7 Å². The number of ketones is 1.